The second-order valence-corrected chi connectivity index (χ2v) is 4.47. The van der Waals surface area contributed by atoms with Gasteiger partial charge in [0.05, 0.1) is 18.3 Å². The molecule has 0 saturated carbocycles. The number of benzene rings is 1. The lowest BCUT2D eigenvalue weighted by Gasteiger charge is -2.04. The van der Waals surface area contributed by atoms with E-state index in [0.717, 1.165) is 35.1 Å². The first-order valence-electron chi connectivity index (χ1n) is 6.50. The summed E-state index contributed by atoms with van der Waals surface area (Å²) >= 11 is 0. The second-order valence-electron chi connectivity index (χ2n) is 4.47. The number of unbranched alkanes of at least 4 members (excludes halogenated alkanes) is 2. The van der Waals surface area contributed by atoms with Crippen molar-refractivity contribution < 1.29 is 9.59 Å². The van der Waals surface area contributed by atoms with Crippen LogP contribution in [-0.4, -0.2) is 15.9 Å². The number of carbonyl (C=O) groups excluding carboxylic acids is 2. The highest BCUT2D eigenvalue weighted by atomic mass is 16.2. The molecule has 2 rings (SSSR count). The highest BCUT2D eigenvalue weighted by Gasteiger charge is 2.06. The minimum Gasteiger partial charge on any atom is -0.265 e. The Hall–Kier alpha value is -2.44. The van der Waals surface area contributed by atoms with Gasteiger partial charge in [-0.25, -0.2) is 4.85 Å². The van der Waals surface area contributed by atoms with E-state index in [9.17, 15) is 0 Å². The summed E-state index contributed by atoms with van der Waals surface area (Å²) in [7, 11) is 0. The van der Waals surface area contributed by atoms with Crippen LogP contribution in [0.15, 0.2) is 18.3 Å². The molecule has 0 unspecified atom stereocenters. The number of aryl methyl sites for hydroxylation is 2. The summed E-state index contributed by atoms with van der Waals surface area (Å²) < 4.78 is 2.05. The number of fused-ring (bicyclic) bond motifs is 1. The van der Waals surface area contributed by atoms with Gasteiger partial charge < -0.3 is 0 Å². The van der Waals surface area contributed by atoms with E-state index in [0.29, 0.717) is 0 Å². The van der Waals surface area contributed by atoms with Crippen LogP contribution in [-0.2, 0) is 16.1 Å². The lowest BCUT2D eigenvalue weighted by atomic mass is 10.1. The van der Waals surface area contributed by atoms with Gasteiger partial charge in [0, 0.05) is 11.9 Å². The molecule has 0 spiro atoms. The van der Waals surface area contributed by atoms with Gasteiger partial charge in [0.25, 0.3) is 0 Å². The summed E-state index contributed by atoms with van der Waals surface area (Å²) in [5.41, 5.74) is 2.90. The highest BCUT2D eigenvalue weighted by Crippen LogP contribution is 2.25. The average Bonchev–Trinajstić information content (AvgIpc) is 2.81. The summed E-state index contributed by atoms with van der Waals surface area (Å²) in [6.07, 6.45) is 5.73. The van der Waals surface area contributed by atoms with Gasteiger partial charge in [-0.1, -0.05) is 19.8 Å². The van der Waals surface area contributed by atoms with E-state index in [1.807, 2.05) is 23.9 Å². The van der Waals surface area contributed by atoms with Crippen molar-refractivity contribution in [1.29, 1.82) is 0 Å². The molecule has 5 nitrogen and oxygen atoms in total. The summed E-state index contributed by atoms with van der Waals surface area (Å²) in [5.74, 6) is 0. The minimum absolute atomic E-state index is 0.250. The molecule has 0 saturated heterocycles. The third kappa shape index (κ3) is 3.78. The Morgan fingerprint density at radius 1 is 1.35 bits per heavy atom. The van der Waals surface area contributed by atoms with Gasteiger partial charge in [0.15, 0.2) is 5.69 Å². The first-order valence-corrected chi connectivity index (χ1v) is 6.50. The summed E-state index contributed by atoms with van der Waals surface area (Å²) in [6.45, 7) is 12.3. The van der Waals surface area contributed by atoms with Gasteiger partial charge >= 0.3 is 6.15 Å². The van der Waals surface area contributed by atoms with Crippen LogP contribution in [0.2, 0.25) is 0 Å². The normalized spacial score (nSPS) is 9.45. The molecule has 0 N–H and O–H groups in total. The number of hydrogen-bond donors (Lipinski definition) is 0. The zero-order valence-electron chi connectivity index (χ0n) is 11.7. The Bertz CT molecular complexity index is 647. The number of nitrogens with zero attached hydrogens (tertiary/aromatic N) is 3. The van der Waals surface area contributed by atoms with E-state index in [4.69, 9.17) is 16.2 Å². The van der Waals surface area contributed by atoms with Crippen molar-refractivity contribution in [2.75, 3.05) is 0 Å². The molecule has 104 valence electrons. The molecule has 1 aromatic heterocycles. The predicted molar refractivity (Wildman–Crippen MR) is 75.3 cm³/mol. The largest absolute Gasteiger partial charge is 0.373 e. The van der Waals surface area contributed by atoms with Gasteiger partial charge in [0.2, 0.25) is 0 Å². The van der Waals surface area contributed by atoms with Crippen LogP contribution in [0, 0.1) is 13.5 Å². The molecular weight excluding hydrogens is 254 g/mol. The lowest BCUT2D eigenvalue weighted by molar-refractivity contribution is -0.191. The van der Waals surface area contributed by atoms with Crippen molar-refractivity contribution in [3.05, 3.63) is 35.3 Å². The Morgan fingerprint density at radius 2 is 2.05 bits per heavy atom. The van der Waals surface area contributed by atoms with E-state index in [2.05, 4.69) is 22.9 Å². The molecule has 1 heterocycles. The van der Waals surface area contributed by atoms with Gasteiger partial charge in [0.1, 0.15) is 0 Å². The van der Waals surface area contributed by atoms with E-state index < -0.39 is 0 Å². The zero-order valence-corrected chi connectivity index (χ0v) is 11.7. The molecule has 0 amide bonds. The topological polar surface area (TPSA) is 56.3 Å². The van der Waals surface area contributed by atoms with Crippen molar-refractivity contribution in [1.82, 2.24) is 9.78 Å². The van der Waals surface area contributed by atoms with Crippen LogP contribution < -0.4 is 0 Å². The lowest BCUT2D eigenvalue weighted by Crippen LogP contribution is -1.99. The van der Waals surface area contributed by atoms with E-state index in [-0.39, 0.29) is 6.15 Å². The third-order valence-corrected chi connectivity index (χ3v) is 3.05. The number of rotatable bonds is 4. The fourth-order valence-electron chi connectivity index (χ4n) is 2.03. The van der Waals surface area contributed by atoms with Crippen LogP contribution >= 0.6 is 0 Å². The minimum atomic E-state index is 0.250. The van der Waals surface area contributed by atoms with Crippen molar-refractivity contribution in [3.8, 4) is 0 Å². The van der Waals surface area contributed by atoms with Crippen molar-refractivity contribution in [3.63, 3.8) is 0 Å². The Balaban J connectivity index is 0.000000612. The monoisotopic (exact) mass is 271 g/mol. The molecular formula is C15H17N3O2. The first-order chi connectivity index (χ1) is 9.67. The number of hydrogen-bond acceptors (Lipinski definition) is 3. The number of aromatic nitrogens is 2. The molecule has 0 atom stereocenters. The highest BCUT2D eigenvalue weighted by molar-refractivity contribution is 5.84. The molecule has 0 aliphatic rings. The molecule has 0 fully saturated rings. The van der Waals surface area contributed by atoms with Gasteiger partial charge in [-0.2, -0.15) is 14.7 Å². The molecule has 2 aromatic rings. The smallest absolute Gasteiger partial charge is 0.265 e. The van der Waals surface area contributed by atoms with Crippen LogP contribution in [0.1, 0.15) is 31.7 Å². The Morgan fingerprint density at radius 3 is 2.65 bits per heavy atom. The summed E-state index contributed by atoms with van der Waals surface area (Å²) in [5, 5.41) is 5.47. The van der Waals surface area contributed by atoms with Crippen LogP contribution in [0.3, 0.4) is 0 Å². The molecule has 0 aliphatic carbocycles. The quantitative estimate of drug-likeness (QED) is 0.631. The SMILES string of the molecule is O=C=O.[C-]#[N+]c1cc2cnn(CCCCC)c2cc1C. The zero-order chi connectivity index (χ0) is 15.0. The molecule has 5 heteroatoms. The van der Waals surface area contributed by atoms with Crippen LogP contribution in [0.5, 0.6) is 0 Å². The maximum absolute atomic E-state index is 8.12. The maximum Gasteiger partial charge on any atom is 0.373 e. The van der Waals surface area contributed by atoms with E-state index in [1.165, 1.54) is 12.8 Å². The fourth-order valence-corrected chi connectivity index (χ4v) is 2.03. The fraction of sp³-hybridized carbons (Fsp3) is 0.400. The standard InChI is InChI=1S/C14H17N3.CO2/c1-4-5-6-7-17-14-8-11(2)13(15-3)9-12(14)10-16-17;2-1-3/h8-10H,4-7H2,1-2H3;. The third-order valence-electron chi connectivity index (χ3n) is 3.05. The molecule has 0 bridgehead atoms. The predicted octanol–water partition coefficient (Wildman–Crippen LogP) is 3.50. The van der Waals surface area contributed by atoms with Gasteiger partial charge in [-0.3, -0.25) is 4.68 Å². The first kappa shape index (κ1) is 15.6. The molecule has 1 aromatic carbocycles. The summed E-state index contributed by atoms with van der Waals surface area (Å²) in [4.78, 5) is 19.8. The van der Waals surface area contributed by atoms with Crippen LogP contribution in [0.4, 0.5) is 5.69 Å². The molecule has 0 radical (unpaired) electrons. The van der Waals surface area contributed by atoms with Crippen molar-refractivity contribution >= 4 is 22.7 Å². The Labute approximate surface area is 118 Å². The Kier molecular flexibility index (Phi) is 6.15. The van der Waals surface area contributed by atoms with Crippen LogP contribution in [0.25, 0.3) is 15.7 Å². The molecule has 0 aliphatic heterocycles. The van der Waals surface area contributed by atoms with E-state index in [1.54, 1.807) is 0 Å². The van der Waals surface area contributed by atoms with Crippen molar-refractivity contribution in [2.24, 2.45) is 0 Å². The van der Waals surface area contributed by atoms with E-state index >= 15 is 0 Å². The van der Waals surface area contributed by atoms with Gasteiger partial charge in [-0.15, -0.1) is 0 Å². The average molecular weight is 271 g/mol. The van der Waals surface area contributed by atoms with Crippen molar-refractivity contribution in [2.45, 2.75) is 39.7 Å². The maximum atomic E-state index is 8.12. The summed E-state index contributed by atoms with van der Waals surface area (Å²) in [6, 6.07) is 4.00. The molecule has 20 heavy (non-hydrogen) atoms. The van der Waals surface area contributed by atoms with Gasteiger partial charge in [-0.05, 0) is 31.0 Å². The second kappa shape index (κ2) is 7.88.